The van der Waals surface area contributed by atoms with Crippen LogP contribution in [0.3, 0.4) is 0 Å². The van der Waals surface area contributed by atoms with Crippen LogP contribution in [0.5, 0.6) is 0 Å². The SMILES string of the molecule is CC(C)CC(C)(O)CNC1c2cc(Cl)ccc2CC1(C)C. The molecule has 0 amide bonds. The average Bonchev–Trinajstić information content (AvgIpc) is 2.54. The summed E-state index contributed by atoms with van der Waals surface area (Å²) in [6, 6.07) is 6.41. The van der Waals surface area contributed by atoms with Gasteiger partial charge in [0.1, 0.15) is 0 Å². The minimum Gasteiger partial charge on any atom is -0.389 e. The van der Waals surface area contributed by atoms with Crippen LogP contribution in [0.2, 0.25) is 5.02 Å². The highest BCUT2D eigenvalue weighted by Crippen LogP contribution is 2.46. The Bertz CT molecular complexity index is 508. The van der Waals surface area contributed by atoms with Gasteiger partial charge in [0.15, 0.2) is 0 Å². The summed E-state index contributed by atoms with van der Waals surface area (Å²) < 4.78 is 0. The Hall–Kier alpha value is -0.570. The van der Waals surface area contributed by atoms with Gasteiger partial charge in [0.25, 0.3) is 0 Å². The minimum atomic E-state index is -0.675. The zero-order valence-electron chi connectivity index (χ0n) is 13.8. The first kappa shape index (κ1) is 16.8. The van der Waals surface area contributed by atoms with Crippen molar-refractivity contribution in [3.8, 4) is 0 Å². The molecular formula is C18H28ClNO. The molecule has 0 aromatic heterocycles. The molecule has 118 valence electrons. The van der Waals surface area contributed by atoms with Crippen molar-refractivity contribution in [1.82, 2.24) is 5.32 Å². The van der Waals surface area contributed by atoms with Crippen molar-refractivity contribution in [2.75, 3.05) is 6.54 Å². The fourth-order valence-corrected chi connectivity index (χ4v) is 3.85. The van der Waals surface area contributed by atoms with Crippen LogP contribution in [0.4, 0.5) is 0 Å². The predicted octanol–water partition coefficient (Wildman–Crippen LogP) is 4.35. The normalized spacial score (nSPS) is 23.1. The van der Waals surface area contributed by atoms with Crippen molar-refractivity contribution in [2.24, 2.45) is 11.3 Å². The Balaban J connectivity index is 2.14. The van der Waals surface area contributed by atoms with Gasteiger partial charge in [-0.05, 0) is 54.4 Å². The number of rotatable bonds is 5. The third-order valence-corrected chi connectivity index (χ3v) is 4.62. The molecular weight excluding hydrogens is 282 g/mol. The third-order valence-electron chi connectivity index (χ3n) is 4.38. The maximum absolute atomic E-state index is 10.5. The number of benzene rings is 1. The summed E-state index contributed by atoms with van der Waals surface area (Å²) in [7, 11) is 0. The minimum absolute atomic E-state index is 0.140. The molecule has 0 aliphatic heterocycles. The maximum Gasteiger partial charge on any atom is 0.0746 e. The number of nitrogens with one attached hydrogen (secondary N) is 1. The molecule has 0 radical (unpaired) electrons. The molecule has 0 fully saturated rings. The highest BCUT2D eigenvalue weighted by Gasteiger charge is 2.39. The zero-order valence-corrected chi connectivity index (χ0v) is 14.6. The first-order valence-electron chi connectivity index (χ1n) is 7.85. The zero-order chi connectivity index (χ0) is 15.8. The number of fused-ring (bicyclic) bond motifs is 1. The Morgan fingerprint density at radius 1 is 1.43 bits per heavy atom. The second-order valence-electron chi connectivity index (χ2n) is 7.92. The van der Waals surface area contributed by atoms with Gasteiger partial charge in [-0.25, -0.2) is 0 Å². The molecule has 2 rings (SSSR count). The predicted molar refractivity (Wildman–Crippen MR) is 89.8 cm³/mol. The van der Waals surface area contributed by atoms with E-state index >= 15 is 0 Å². The quantitative estimate of drug-likeness (QED) is 0.847. The molecule has 0 bridgehead atoms. The molecule has 21 heavy (non-hydrogen) atoms. The Labute approximate surface area is 133 Å². The van der Waals surface area contributed by atoms with Gasteiger partial charge >= 0.3 is 0 Å². The van der Waals surface area contributed by atoms with Gasteiger partial charge in [-0.3, -0.25) is 0 Å². The van der Waals surface area contributed by atoms with E-state index in [9.17, 15) is 5.11 Å². The van der Waals surface area contributed by atoms with E-state index in [1.807, 2.05) is 13.0 Å². The topological polar surface area (TPSA) is 32.3 Å². The van der Waals surface area contributed by atoms with Crippen molar-refractivity contribution in [2.45, 2.75) is 59.1 Å². The molecule has 1 aliphatic carbocycles. The summed E-state index contributed by atoms with van der Waals surface area (Å²) in [5, 5.41) is 14.9. The molecule has 1 aliphatic rings. The van der Waals surface area contributed by atoms with E-state index in [4.69, 9.17) is 11.6 Å². The van der Waals surface area contributed by atoms with E-state index in [-0.39, 0.29) is 11.5 Å². The summed E-state index contributed by atoms with van der Waals surface area (Å²) in [5.41, 5.74) is 2.12. The van der Waals surface area contributed by atoms with E-state index in [1.165, 1.54) is 11.1 Å². The molecule has 2 atom stereocenters. The van der Waals surface area contributed by atoms with Gasteiger partial charge in [-0.1, -0.05) is 45.4 Å². The van der Waals surface area contributed by atoms with Crippen LogP contribution in [-0.2, 0) is 6.42 Å². The standard InChI is InChI=1S/C18H28ClNO/c1-12(2)9-18(5,21)11-20-16-15-8-14(19)7-6-13(15)10-17(16,3)4/h6-8,12,16,20-21H,9-11H2,1-5H3. The smallest absolute Gasteiger partial charge is 0.0746 e. The lowest BCUT2D eigenvalue weighted by Gasteiger charge is -2.33. The summed E-state index contributed by atoms with van der Waals surface area (Å²) in [6.07, 6.45) is 1.85. The first-order chi connectivity index (χ1) is 9.61. The number of halogens is 1. The summed E-state index contributed by atoms with van der Waals surface area (Å²) in [4.78, 5) is 0. The van der Waals surface area contributed by atoms with Crippen LogP contribution in [0.15, 0.2) is 18.2 Å². The van der Waals surface area contributed by atoms with Crippen molar-refractivity contribution >= 4 is 11.6 Å². The van der Waals surface area contributed by atoms with Crippen molar-refractivity contribution in [3.63, 3.8) is 0 Å². The molecule has 1 aromatic rings. The second kappa shape index (κ2) is 5.91. The van der Waals surface area contributed by atoms with Gasteiger partial charge < -0.3 is 10.4 Å². The van der Waals surface area contributed by atoms with Crippen molar-refractivity contribution < 1.29 is 5.11 Å². The second-order valence-corrected chi connectivity index (χ2v) is 8.35. The Kier molecular flexibility index (Phi) is 4.72. The average molecular weight is 310 g/mol. The summed E-state index contributed by atoms with van der Waals surface area (Å²) in [6.45, 7) is 11.4. The fourth-order valence-electron chi connectivity index (χ4n) is 3.67. The number of hydrogen-bond donors (Lipinski definition) is 2. The van der Waals surface area contributed by atoms with Crippen LogP contribution < -0.4 is 5.32 Å². The fraction of sp³-hybridized carbons (Fsp3) is 0.667. The van der Waals surface area contributed by atoms with Crippen LogP contribution in [0.1, 0.15) is 58.2 Å². The molecule has 2 N–H and O–H groups in total. The van der Waals surface area contributed by atoms with E-state index < -0.39 is 5.60 Å². The lowest BCUT2D eigenvalue weighted by Crippen LogP contribution is -2.43. The third kappa shape index (κ3) is 4.00. The summed E-state index contributed by atoms with van der Waals surface area (Å²) >= 11 is 6.16. The number of aliphatic hydroxyl groups is 1. The molecule has 2 unspecified atom stereocenters. The molecule has 1 aromatic carbocycles. The summed E-state index contributed by atoms with van der Waals surface area (Å²) in [5.74, 6) is 0.486. The highest BCUT2D eigenvalue weighted by atomic mass is 35.5. The molecule has 0 saturated carbocycles. The van der Waals surface area contributed by atoms with Gasteiger partial charge in [-0.15, -0.1) is 0 Å². The lowest BCUT2D eigenvalue weighted by atomic mass is 9.84. The lowest BCUT2D eigenvalue weighted by molar-refractivity contribution is 0.0317. The molecule has 3 heteroatoms. The molecule has 0 spiro atoms. The van der Waals surface area contributed by atoms with Gasteiger partial charge in [0, 0.05) is 17.6 Å². The van der Waals surface area contributed by atoms with E-state index in [0.717, 1.165) is 17.9 Å². The van der Waals surface area contributed by atoms with E-state index in [0.29, 0.717) is 12.5 Å². The van der Waals surface area contributed by atoms with Gasteiger partial charge in [0.2, 0.25) is 0 Å². The van der Waals surface area contributed by atoms with E-state index in [2.05, 4.69) is 45.1 Å². The highest BCUT2D eigenvalue weighted by molar-refractivity contribution is 6.30. The van der Waals surface area contributed by atoms with Crippen LogP contribution in [0, 0.1) is 11.3 Å². The maximum atomic E-state index is 10.5. The number of hydrogen-bond acceptors (Lipinski definition) is 2. The van der Waals surface area contributed by atoms with Crippen LogP contribution in [0.25, 0.3) is 0 Å². The Morgan fingerprint density at radius 3 is 2.71 bits per heavy atom. The molecule has 0 saturated heterocycles. The Morgan fingerprint density at radius 2 is 2.10 bits per heavy atom. The van der Waals surface area contributed by atoms with Crippen molar-refractivity contribution in [3.05, 3.63) is 34.3 Å². The van der Waals surface area contributed by atoms with E-state index in [1.54, 1.807) is 0 Å². The van der Waals surface area contributed by atoms with Gasteiger partial charge in [0.05, 0.1) is 5.60 Å². The molecule has 2 nitrogen and oxygen atoms in total. The molecule has 0 heterocycles. The monoisotopic (exact) mass is 309 g/mol. The largest absolute Gasteiger partial charge is 0.389 e. The van der Waals surface area contributed by atoms with Crippen LogP contribution in [-0.4, -0.2) is 17.3 Å². The van der Waals surface area contributed by atoms with Crippen molar-refractivity contribution in [1.29, 1.82) is 0 Å². The first-order valence-corrected chi connectivity index (χ1v) is 8.23. The van der Waals surface area contributed by atoms with Gasteiger partial charge in [-0.2, -0.15) is 0 Å². The van der Waals surface area contributed by atoms with Crippen LogP contribution >= 0.6 is 11.6 Å².